The maximum atomic E-state index is 3.34. The molecule has 2 aliphatic carbocycles. The van der Waals surface area contributed by atoms with Crippen molar-refractivity contribution in [1.82, 2.24) is 0 Å². The Kier molecular flexibility index (Phi) is 17.8. The zero-order valence-corrected chi connectivity index (χ0v) is 15.4. The van der Waals surface area contributed by atoms with E-state index in [9.17, 15) is 0 Å². The number of halogens is 2. The second-order valence-electron chi connectivity index (χ2n) is 4.47. The van der Waals surface area contributed by atoms with Crippen molar-refractivity contribution in [2.75, 3.05) is 0 Å². The van der Waals surface area contributed by atoms with Gasteiger partial charge in [-0.1, -0.05) is 26.2 Å². The summed E-state index contributed by atoms with van der Waals surface area (Å²) in [4.78, 5) is 0. The van der Waals surface area contributed by atoms with E-state index in [1.54, 1.807) is 0 Å². The molecule has 18 heavy (non-hydrogen) atoms. The van der Waals surface area contributed by atoms with E-state index in [4.69, 9.17) is 0 Å². The summed E-state index contributed by atoms with van der Waals surface area (Å²) >= 11 is 1.30. The van der Waals surface area contributed by atoms with Crippen LogP contribution in [0.1, 0.15) is 33.6 Å². The Balaban J connectivity index is -0.000000217. The molecule has 0 spiro atoms. The molecule has 0 heterocycles. The van der Waals surface area contributed by atoms with E-state index in [0.29, 0.717) is 5.41 Å². The third kappa shape index (κ3) is 11.4. The van der Waals surface area contributed by atoms with Crippen LogP contribution in [0.5, 0.6) is 0 Å². The number of allylic oxidation sites excluding steroid dienone is 8. The van der Waals surface area contributed by atoms with Crippen LogP contribution >= 0.6 is 24.8 Å². The van der Waals surface area contributed by atoms with Crippen LogP contribution < -0.4 is 0 Å². The summed E-state index contributed by atoms with van der Waals surface area (Å²) in [6, 6.07) is 0. The fourth-order valence-electron chi connectivity index (χ4n) is 1.26. The van der Waals surface area contributed by atoms with Gasteiger partial charge in [0.15, 0.2) is 0 Å². The van der Waals surface area contributed by atoms with Crippen LogP contribution in [0.25, 0.3) is 0 Å². The van der Waals surface area contributed by atoms with Gasteiger partial charge in [0.25, 0.3) is 0 Å². The van der Waals surface area contributed by atoms with Crippen LogP contribution in [0.4, 0.5) is 0 Å². The zero-order chi connectivity index (χ0) is 12.4. The number of hydrogen-bond acceptors (Lipinski definition) is 0. The molecular weight excluding hydrogens is 342 g/mol. The molecule has 0 saturated heterocycles. The van der Waals surface area contributed by atoms with Crippen LogP contribution in [0.15, 0.2) is 36.0 Å². The first-order chi connectivity index (χ1) is 7.61. The summed E-state index contributed by atoms with van der Waals surface area (Å²) in [5, 5.41) is 0. The van der Waals surface area contributed by atoms with Crippen LogP contribution in [0.3, 0.4) is 0 Å². The second-order valence-corrected chi connectivity index (χ2v) is 4.47. The van der Waals surface area contributed by atoms with Gasteiger partial charge in [0.2, 0.25) is 0 Å². The summed E-state index contributed by atoms with van der Waals surface area (Å²) in [6.07, 6.45) is 18.5. The van der Waals surface area contributed by atoms with Gasteiger partial charge in [-0.25, -0.2) is 18.2 Å². The van der Waals surface area contributed by atoms with Gasteiger partial charge in [0.05, 0.1) is 0 Å². The first-order valence-corrected chi connectivity index (χ1v) is 7.19. The molecule has 0 saturated carbocycles. The molecule has 2 rings (SSSR count). The Morgan fingerprint density at radius 1 is 1.11 bits per heavy atom. The van der Waals surface area contributed by atoms with Crippen molar-refractivity contribution < 1.29 is 24.2 Å². The summed E-state index contributed by atoms with van der Waals surface area (Å²) in [5.41, 5.74) is 1.74. The monoisotopic (exact) mass is 362 g/mol. The molecule has 0 unspecified atom stereocenters. The quantitative estimate of drug-likeness (QED) is 0.540. The van der Waals surface area contributed by atoms with Crippen LogP contribution in [-0.4, -0.2) is 4.21 Å². The molecule has 3 heteroatoms. The molecule has 0 radical (unpaired) electrons. The van der Waals surface area contributed by atoms with Crippen molar-refractivity contribution in [3.8, 4) is 0 Å². The van der Waals surface area contributed by atoms with Crippen molar-refractivity contribution in [3.63, 3.8) is 0 Å². The fourth-order valence-corrected chi connectivity index (χ4v) is 1.26. The molecule has 0 bridgehead atoms. The molecule has 0 aromatic carbocycles. The molecule has 0 aliphatic heterocycles. The van der Waals surface area contributed by atoms with Crippen LogP contribution in [0, 0.1) is 17.6 Å². The minimum atomic E-state index is 0. The fraction of sp³-hybridized carbons (Fsp3) is 0.400. The molecule has 0 aromatic rings. The summed E-state index contributed by atoms with van der Waals surface area (Å²) in [5.74, 6) is 0. The van der Waals surface area contributed by atoms with Crippen molar-refractivity contribution in [2.45, 2.75) is 33.6 Å². The van der Waals surface area contributed by atoms with Gasteiger partial charge < -0.3 is 0 Å². The Hall–Kier alpha value is 0.293. The molecule has 100 valence electrons. The zero-order valence-electron chi connectivity index (χ0n) is 11.3. The second kappa shape index (κ2) is 13.7. The third-order valence-corrected chi connectivity index (χ3v) is 2.15. The van der Waals surface area contributed by atoms with Gasteiger partial charge in [-0.3, -0.25) is 12.2 Å². The SMILES string of the molecule is CC(C)(C)C1=CC[C-]=C1.Cl.Cl.[C-]1=CC=CC1.[CH2]=[Zr+2]. The Labute approximate surface area is 139 Å². The molecule has 0 atom stereocenters. The van der Waals surface area contributed by atoms with E-state index in [2.05, 4.69) is 55.4 Å². The molecule has 0 amide bonds. The molecule has 0 aromatic heterocycles. The van der Waals surface area contributed by atoms with Crippen LogP contribution in [0.2, 0.25) is 0 Å². The Morgan fingerprint density at radius 2 is 1.72 bits per heavy atom. The molecular formula is C15H22Cl2Zr. The van der Waals surface area contributed by atoms with E-state index >= 15 is 0 Å². The predicted octanol–water partition coefficient (Wildman–Crippen LogP) is 4.84. The average Bonchev–Trinajstić information content (AvgIpc) is 2.96. The van der Waals surface area contributed by atoms with Crippen molar-refractivity contribution in [1.29, 1.82) is 0 Å². The van der Waals surface area contributed by atoms with Gasteiger partial charge in [-0.2, -0.15) is 17.7 Å². The number of hydrogen-bond donors (Lipinski definition) is 0. The Bertz CT molecular complexity index is 297. The average molecular weight is 364 g/mol. The number of rotatable bonds is 0. The Morgan fingerprint density at radius 3 is 1.89 bits per heavy atom. The van der Waals surface area contributed by atoms with Crippen molar-refractivity contribution >= 4 is 29.0 Å². The van der Waals surface area contributed by atoms with E-state index in [-0.39, 0.29) is 24.8 Å². The van der Waals surface area contributed by atoms with Gasteiger partial charge in [-0.05, 0) is 0 Å². The van der Waals surface area contributed by atoms with E-state index in [0.717, 1.165) is 12.8 Å². The molecule has 0 nitrogen and oxygen atoms in total. The summed E-state index contributed by atoms with van der Waals surface area (Å²) < 4.78 is 3.34. The summed E-state index contributed by atoms with van der Waals surface area (Å²) in [7, 11) is 0. The predicted molar refractivity (Wildman–Crippen MR) is 83.2 cm³/mol. The third-order valence-electron chi connectivity index (χ3n) is 2.15. The minimum absolute atomic E-state index is 0. The van der Waals surface area contributed by atoms with E-state index in [1.165, 1.54) is 29.8 Å². The van der Waals surface area contributed by atoms with Gasteiger partial charge >= 0.3 is 28.4 Å². The molecule has 0 fully saturated rings. The van der Waals surface area contributed by atoms with Gasteiger partial charge in [0.1, 0.15) is 0 Å². The van der Waals surface area contributed by atoms with Gasteiger partial charge in [0, 0.05) is 0 Å². The first-order valence-electron chi connectivity index (χ1n) is 5.45. The molecule has 2 aliphatic rings. The van der Waals surface area contributed by atoms with Crippen molar-refractivity contribution in [3.05, 3.63) is 48.1 Å². The van der Waals surface area contributed by atoms with Crippen LogP contribution in [-0.2, 0) is 24.2 Å². The summed E-state index contributed by atoms with van der Waals surface area (Å²) in [6.45, 7) is 6.67. The standard InChI is InChI=1S/C9H13.C5H5.CH2.2ClH.Zr/c1-9(2,3)8-6-4-5-7-8;1-2-4-5-3-1;;;;/h6-7H,4H2,1-3H3;1-3H,4H2;1H2;2*1H;/q2*-1;;;;+2. The topological polar surface area (TPSA) is 0 Å². The van der Waals surface area contributed by atoms with Gasteiger partial charge in [-0.15, -0.1) is 37.7 Å². The molecule has 0 N–H and O–H groups in total. The normalized spacial score (nSPS) is 14.4. The van der Waals surface area contributed by atoms with Crippen molar-refractivity contribution in [2.24, 2.45) is 5.41 Å². The maximum absolute atomic E-state index is 3.34. The first kappa shape index (κ1) is 23.4. The van der Waals surface area contributed by atoms with E-state index < -0.39 is 0 Å². The van der Waals surface area contributed by atoms with E-state index in [1.807, 2.05) is 12.2 Å².